The SMILES string of the molecule is CC(C)O[Si](CCC(N)CCN)(OC(C)C)OC(C)C.CCO[Si](C)(CCC(N)CCN)OCC. The monoisotopic (exact) mass is 540 g/mol. The zero-order valence-electron chi connectivity index (χ0n) is 24.3. The van der Waals surface area contributed by atoms with Crippen molar-refractivity contribution < 1.29 is 22.1 Å². The van der Waals surface area contributed by atoms with Crippen molar-refractivity contribution >= 4 is 17.4 Å². The first-order chi connectivity index (χ1) is 16.3. The zero-order chi connectivity index (χ0) is 27.5. The van der Waals surface area contributed by atoms with Crippen LogP contribution in [0.15, 0.2) is 0 Å². The molecule has 0 saturated heterocycles. The topological polar surface area (TPSA) is 150 Å². The molecular formula is C24H60N4O5Si2. The van der Waals surface area contributed by atoms with Crippen LogP contribution in [-0.4, -0.2) is 74.1 Å². The van der Waals surface area contributed by atoms with E-state index in [0.29, 0.717) is 13.1 Å². The molecule has 0 aliphatic heterocycles. The predicted molar refractivity (Wildman–Crippen MR) is 151 cm³/mol. The van der Waals surface area contributed by atoms with Crippen LogP contribution in [0.3, 0.4) is 0 Å². The second kappa shape index (κ2) is 21.1. The minimum atomic E-state index is -2.70. The minimum Gasteiger partial charge on any atom is -0.395 e. The smallest absolute Gasteiger partial charge is 0.395 e. The fraction of sp³-hybridized carbons (Fsp3) is 1.00. The Labute approximate surface area is 218 Å². The summed E-state index contributed by atoms with van der Waals surface area (Å²) < 4.78 is 29.7. The zero-order valence-corrected chi connectivity index (χ0v) is 26.3. The van der Waals surface area contributed by atoms with Crippen molar-refractivity contribution in [2.45, 2.75) is 130 Å². The van der Waals surface area contributed by atoms with Gasteiger partial charge in [0.05, 0.1) is 0 Å². The highest BCUT2D eigenvalue weighted by Gasteiger charge is 2.44. The first-order valence-electron chi connectivity index (χ1n) is 13.5. The molecule has 2 atom stereocenters. The molecule has 214 valence electrons. The van der Waals surface area contributed by atoms with E-state index in [9.17, 15) is 0 Å². The summed E-state index contributed by atoms with van der Waals surface area (Å²) in [5, 5.41) is 0. The van der Waals surface area contributed by atoms with Gasteiger partial charge < -0.3 is 45.1 Å². The van der Waals surface area contributed by atoms with Crippen molar-refractivity contribution in [2.75, 3.05) is 26.3 Å². The van der Waals surface area contributed by atoms with Gasteiger partial charge in [0.25, 0.3) is 0 Å². The summed E-state index contributed by atoms with van der Waals surface area (Å²) in [6, 6.07) is 1.95. The van der Waals surface area contributed by atoms with Crippen LogP contribution in [0.25, 0.3) is 0 Å². The second-order valence-electron chi connectivity index (χ2n) is 9.93. The summed E-state index contributed by atoms with van der Waals surface area (Å²) in [6.07, 6.45) is 3.67. The van der Waals surface area contributed by atoms with E-state index < -0.39 is 17.4 Å². The van der Waals surface area contributed by atoms with Gasteiger partial charge in [0.2, 0.25) is 0 Å². The van der Waals surface area contributed by atoms with Crippen LogP contribution in [0.5, 0.6) is 0 Å². The minimum absolute atomic E-state index is 0.0740. The van der Waals surface area contributed by atoms with Gasteiger partial charge in [0.15, 0.2) is 0 Å². The van der Waals surface area contributed by atoms with Gasteiger partial charge >= 0.3 is 17.4 Å². The Bertz CT molecular complexity index is 458. The molecule has 0 rings (SSSR count). The number of rotatable bonds is 20. The van der Waals surface area contributed by atoms with Gasteiger partial charge in [-0.25, -0.2) is 0 Å². The van der Waals surface area contributed by atoms with Crippen LogP contribution in [0, 0.1) is 0 Å². The van der Waals surface area contributed by atoms with Crippen LogP contribution in [0.4, 0.5) is 0 Å². The predicted octanol–water partition coefficient (Wildman–Crippen LogP) is 3.46. The van der Waals surface area contributed by atoms with Crippen molar-refractivity contribution in [3.05, 3.63) is 0 Å². The Balaban J connectivity index is 0. The van der Waals surface area contributed by atoms with E-state index in [0.717, 1.165) is 51.0 Å². The largest absolute Gasteiger partial charge is 0.501 e. The van der Waals surface area contributed by atoms with Crippen molar-refractivity contribution in [1.29, 1.82) is 0 Å². The molecule has 0 saturated carbocycles. The maximum absolute atomic E-state index is 6.10. The Morgan fingerprint density at radius 2 is 0.943 bits per heavy atom. The Morgan fingerprint density at radius 3 is 1.23 bits per heavy atom. The first-order valence-corrected chi connectivity index (χ1v) is 18.0. The number of nitrogens with two attached hydrogens (primary N) is 4. The van der Waals surface area contributed by atoms with Crippen LogP contribution >= 0.6 is 0 Å². The van der Waals surface area contributed by atoms with Crippen molar-refractivity contribution in [3.63, 3.8) is 0 Å². The molecule has 0 heterocycles. The quantitative estimate of drug-likeness (QED) is 0.170. The molecule has 9 nitrogen and oxygen atoms in total. The van der Waals surface area contributed by atoms with Gasteiger partial charge in [0, 0.05) is 49.7 Å². The second-order valence-corrected chi connectivity index (χ2v) is 15.9. The van der Waals surface area contributed by atoms with E-state index in [-0.39, 0.29) is 30.4 Å². The molecule has 0 bridgehead atoms. The molecule has 0 aromatic heterocycles. The lowest BCUT2D eigenvalue weighted by Crippen LogP contribution is -2.51. The summed E-state index contributed by atoms with van der Waals surface area (Å²) in [4.78, 5) is 0. The molecule has 0 aromatic carbocycles. The molecule has 0 radical (unpaired) electrons. The molecule has 11 heteroatoms. The third-order valence-electron chi connectivity index (χ3n) is 5.01. The van der Waals surface area contributed by atoms with E-state index in [1.807, 2.05) is 55.4 Å². The van der Waals surface area contributed by atoms with Crippen LogP contribution in [-0.2, 0) is 22.1 Å². The van der Waals surface area contributed by atoms with Crippen molar-refractivity contribution in [1.82, 2.24) is 0 Å². The molecule has 0 aromatic rings. The van der Waals surface area contributed by atoms with Crippen LogP contribution in [0.2, 0.25) is 18.6 Å². The highest BCUT2D eigenvalue weighted by atomic mass is 28.4. The van der Waals surface area contributed by atoms with Gasteiger partial charge in [-0.05, 0) is 107 Å². The van der Waals surface area contributed by atoms with E-state index in [4.69, 9.17) is 45.1 Å². The summed E-state index contributed by atoms with van der Waals surface area (Å²) in [6.45, 7) is 20.9. The lowest BCUT2D eigenvalue weighted by Gasteiger charge is -2.35. The van der Waals surface area contributed by atoms with Gasteiger partial charge in [-0.3, -0.25) is 0 Å². The van der Waals surface area contributed by atoms with Gasteiger partial charge in [-0.1, -0.05) is 0 Å². The maximum atomic E-state index is 6.10. The van der Waals surface area contributed by atoms with E-state index >= 15 is 0 Å². The van der Waals surface area contributed by atoms with Crippen molar-refractivity contribution in [2.24, 2.45) is 22.9 Å². The van der Waals surface area contributed by atoms with Crippen LogP contribution < -0.4 is 22.9 Å². The third kappa shape index (κ3) is 20.8. The molecule has 35 heavy (non-hydrogen) atoms. The molecule has 0 spiro atoms. The Hall–Kier alpha value is 0.0738. The lowest BCUT2D eigenvalue weighted by molar-refractivity contribution is 0.00253. The average molecular weight is 541 g/mol. The fourth-order valence-corrected chi connectivity index (χ4v) is 9.55. The molecule has 0 amide bonds. The summed E-state index contributed by atoms with van der Waals surface area (Å²) in [5.74, 6) is 0. The standard InChI is InChI=1S/C14H34N2O3Si.C10H26N2O2Si/c1-11(2)17-20(18-12(3)4,19-13(5)6)10-8-14(16)7-9-15;1-4-13-15(3,14-5-2)9-7-10(12)6-8-11/h11-14H,7-10,15-16H2,1-6H3;10H,4-9,11-12H2,1-3H3. The first kappa shape index (κ1) is 37.2. The number of hydrogen-bond acceptors (Lipinski definition) is 9. The molecular weight excluding hydrogens is 480 g/mol. The Morgan fingerprint density at radius 1 is 0.600 bits per heavy atom. The van der Waals surface area contributed by atoms with E-state index in [2.05, 4.69) is 6.55 Å². The van der Waals surface area contributed by atoms with Gasteiger partial charge in [-0.15, -0.1) is 0 Å². The summed E-state index contributed by atoms with van der Waals surface area (Å²) >= 11 is 0. The summed E-state index contributed by atoms with van der Waals surface area (Å²) in [5.41, 5.74) is 23.0. The van der Waals surface area contributed by atoms with Gasteiger partial charge in [0.1, 0.15) is 0 Å². The van der Waals surface area contributed by atoms with Gasteiger partial charge in [-0.2, -0.15) is 0 Å². The van der Waals surface area contributed by atoms with E-state index in [1.54, 1.807) is 0 Å². The highest BCUT2D eigenvalue weighted by molar-refractivity contribution is 6.66. The molecule has 0 aliphatic rings. The van der Waals surface area contributed by atoms with E-state index in [1.165, 1.54) is 0 Å². The molecule has 0 fully saturated rings. The summed E-state index contributed by atoms with van der Waals surface area (Å²) in [7, 11) is -4.66. The average Bonchev–Trinajstić information content (AvgIpc) is 2.71. The maximum Gasteiger partial charge on any atom is 0.501 e. The third-order valence-corrected chi connectivity index (χ3v) is 11.4. The fourth-order valence-electron chi connectivity index (χ4n) is 3.66. The highest BCUT2D eigenvalue weighted by Crippen LogP contribution is 2.24. The Kier molecular flexibility index (Phi) is 22.4. The lowest BCUT2D eigenvalue weighted by atomic mass is 10.2. The molecule has 8 N–H and O–H groups in total. The normalized spacial score (nSPS) is 14.4. The number of hydrogen-bond donors (Lipinski definition) is 4. The van der Waals surface area contributed by atoms with Crippen molar-refractivity contribution in [3.8, 4) is 0 Å². The van der Waals surface area contributed by atoms with Crippen LogP contribution in [0.1, 0.15) is 81.1 Å². The molecule has 0 aliphatic carbocycles. The molecule has 2 unspecified atom stereocenters.